The number of carbonyl (C=O) groups is 1. The summed E-state index contributed by atoms with van der Waals surface area (Å²) < 4.78 is 0. The molecule has 8 heteroatoms. The molecule has 1 aliphatic rings. The normalized spacial score (nSPS) is 20.0. The second kappa shape index (κ2) is 5.96. The number of nitro benzene ring substituents is 2. The van der Waals surface area contributed by atoms with Gasteiger partial charge in [0.05, 0.1) is 27.6 Å². The quantitative estimate of drug-likeness (QED) is 0.671. The van der Waals surface area contributed by atoms with Crippen LogP contribution < -0.4 is 0 Å². The number of ketones is 1. The number of aliphatic hydroxyl groups is 1. The van der Waals surface area contributed by atoms with Crippen molar-refractivity contribution in [3.8, 4) is 0 Å². The molecule has 0 spiro atoms. The molecule has 21 heavy (non-hydrogen) atoms. The lowest BCUT2D eigenvalue weighted by Gasteiger charge is -2.25. The predicted molar refractivity (Wildman–Crippen MR) is 71.7 cm³/mol. The van der Waals surface area contributed by atoms with E-state index in [-0.39, 0.29) is 11.3 Å². The summed E-state index contributed by atoms with van der Waals surface area (Å²) in [4.78, 5) is 32.0. The molecule has 2 atom stereocenters. The third-order valence-electron chi connectivity index (χ3n) is 3.72. The molecule has 0 aliphatic heterocycles. The van der Waals surface area contributed by atoms with E-state index in [4.69, 9.17) is 0 Å². The van der Waals surface area contributed by atoms with Gasteiger partial charge in [0.15, 0.2) is 0 Å². The third-order valence-corrected chi connectivity index (χ3v) is 3.72. The van der Waals surface area contributed by atoms with Gasteiger partial charge in [-0.05, 0) is 18.9 Å². The summed E-state index contributed by atoms with van der Waals surface area (Å²) >= 11 is 0. The highest BCUT2D eigenvalue weighted by Crippen LogP contribution is 2.37. The smallest absolute Gasteiger partial charge is 0.282 e. The van der Waals surface area contributed by atoms with Gasteiger partial charge in [0, 0.05) is 18.4 Å². The number of non-ortho nitro benzene ring substituents is 1. The molecule has 1 aromatic carbocycles. The van der Waals surface area contributed by atoms with Crippen molar-refractivity contribution in [2.45, 2.75) is 31.8 Å². The van der Waals surface area contributed by atoms with E-state index in [1.165, 1.54) is 0 Å². The predicted octanol–water partition coefficient (Wildman–Crippen LogP) is 2.30. The van der Waals surface area contributed by atoms with Gasteiger partial charge in [-0.15, -0.1) is 0 Å². The Bertz CT molecular complexity index is 600. The molecule has 1 aromatic rings. The molecule has 0 saturated heterocycles. The van der Waals surface area contributed by atoms with Gasteiger partial charge in [-0.1, -0.05) is 6.42 Å². The highest BCUT2D eigenvalue weighted by Gasteiger charge is 2.34. The summed E-state index contributed by atoms with van der Waals surface area (Å²) in [7, 11) is 0. The zero-order chi connectivity index (χ0) is 15.6. The number of nitrogens with zero attached hydrogens (tertiary/aromatic N) is 2. The van der Waals surface area contributed by atoms with E-state index in [1.807, 2.05) is 0 Å². The summed E-state index contributed by atoms with van der Waals surface area (Å²) in [5.41, 5.74) is -1.01. The molecule has 1 fully saturated rings. The number of Topliss-reactive ketones (excluding diaryl/α,β-unsaturated/α-hetero) is 1. The van der Waals surface area contributed by atoms with Crippen LogP contribution in [0.2, 0.25) is 0 Å². The minimum Gasteiger partial charge on any atom is -0.387 e. The first-order valence-electron chi connectivity index (χ1n) is 6.55. The van der Waals surface area contributed by atoms with E-state index in [2.05, 4.69) is 0 Å². The van der Waals surface area contributed by atoms with Gasteiger partial charge in [-0.3, -0.25) is 25.0 Å². The van der Waals surface area contributed by atoms with Crippen molar-refractivity contribution in [2.75, 3.05) is 0 Å². The molecule has 8 nitrogen and oxygen atoms in total. The van der Waals surface area contributed by atoms with E-state index < -0.39 is 33.2 Å². The molecule has 0 bridgehead atoms. The maximum atomic E-state index is 11.8. The van der Waals surface area contributed by atoms with Gasteiger partial charge in [0.25, 0.3) is 11.4 Å². The van der Waals surface area contributed by atoms with Crippen LogP contribution >= 0.6 is 0 Å². The average molecular weight is 294 g/mol. The van der Waals surface area contributed by atoms with E-state index >= 15 is 0 Å². The zero-order valence-electron chi connectivity index (χ0n) is 11.1. The standard InChI is InChI=1S/C13H14N2O6/c16-12-4-2-1-3-10(12)13(17)9-6-5-8(14(18)19)7-11(9)15(20)21/h5-7,10,13,17H,1-4H2. The van der Waals surface area contributed by atoms with Gasteiger partial charge in [-0.25, -0.2) is 0 Å². The van der Waals surface area contributed by atoms with Crippen LogP contribution in [0.25, 0.3) is 0 Å². The van der Waals surface area contributed by atoms with Crippen LogP contribution in [0, 0.1) is 26.1 Å². The first kappa shape index (κ1) is 15.0. The van der Waals surface area contributed by atoms with Gasteiger partial charge < -0.3 is 5.11 Å². The lowest BCUT2D eigenvalue weighted by atomic mass is 9.81. The van der Waals surface area contributed by atoms with E-state index in [9.17, 15) is 30.1 Å². The Kier molecular flexibility index (Phi) is 4.27. The van der Waals surface area contributed by atoms with Gasteiger partial charge in [0.2, 0.25) is 0 Å². The Hall–Kier alpha value is -2.35. The number of nitro groups is 2. The molecular formula is C13H14N2O6. The van der Waals surface area contributed by atoms with Crippen molar-refractivity contribution in [2.24, 2.45) is 5.92 Å². The Balaban J connectivity index is 2.40. The van der Waals surface area contributed by atoms with Crippen LogP contribution in [0.15, 0.2) is 18.2 Å². The van der Waals surface area contributed by atoms with Crippen molar-refractivity contribution >= 4 is 17.2 Å². The van der Waals surface area contributed by atoms with E-state index in [0.29, 0.717) is 12.8 Å². The number of rotatable bonds is 4. The van der Waals surface area contributed by atoms with Crippen molar-refractivity contribution in [1.29, 1.82) is 0 Å². The molecular weight excluding hydrogens is 280 g/mol. The lowest BCUT2D eigenvalue weighted by molar-refractivity contribution is -0.395. The molecule has 112 valence electrons. The fourth-order valence-corrected chi connectivity index (χ4v) is 2.61. The highest BCUT2D eigenvalue weighted by atomic mass is 16.6. The number of hydrogen-bond donors (Lipinski definition) is 1. The SMILES string of the molecule is O=C1CCCCC1C(O)c1ccc([N+](=O)[O-])cc1[N+](=O)[O-]. The summed E-state index contributed by atoms with van der Waals surface area (Å²) in [5.74, 6) is -0.805. The molecule has 2 rings (SSSR count). The van der Waals surface area contributed by atoms with Crippen LogP contribution in [0.5, 0.6) is 0 Å². The molecule has 0 aromatic heterocycles. The van der Waals surface area contributed by atoms with Gasteiger partial charge in [-0.2, -0.15) is 0 Å². The minimum absolute atomic E-state index is 0.0501. The zero-order valence-corrected chi connectivity index (χ0v) is 11.1. The summed E-state index contributed by atoms with van der Waals surface area (Å²) in [6.45, 7) is 0. The van der Waals surface area contributed by atoms with Gasteiger partial charge in [0.1, 0.15) is 5.78 Å². The average Bonchev–Trinajstić information content (AvgIpc) is 2.46. The first-order chi connectivity index (χ1) is 9.91. The molecule has 1 saturated carbocycles. The maximum Gasteiger partial charge on any atom is 0.282 e. The van der Waals surface area contributed by atoms with Gasteiger partial charge >= 0.3 is 0 Å². The topological polar surface area (TPSA) is 124 Å². The number of carbonyl (C=O) groups excluding carboxylic acids is 1. The van der Waals surface area contributed by atoms with E-state index in [0.717, 1.165) is 31.0 Å². The fraction of sp³-hybridized carbons (Fsp3) is 0.462. The third kappa shape index (κ3) is 3.05. The van der Waals surface area contributed by atoms with Crippen LogP contribution in [0.4, 0.5) is 11.4 Å². The minimum atomic E-state index is -1.31. The number of benzene rings is 1. The Morgan fingerprint density at radius 2 is 1.90 bits per heavy atom. The monoisotopic (exact) mass is 294 g/mol. The highest BCUT2D eigenvalue weighted by molar-refractivity contribution is 5.82. The molecule has 1 N–H and O–H groups in total. The summed E-state index contributed by atoms with van der Waals surface area (Å²) in [6, 6.07) is 3.06. The molecule has 1 aliphatic carbocycles. The largest absolute Gasteiger partial charge is 0.387 e. The molecule has 0 radical (unpaired) electrons. The van der Waals surface area contributed by atoms with Crippen molar-refractivity contribution < 1.29 is 19.7 Å². The van der Waals surface area contributed by atoms with E-state index in [1.54, 1.807) is 0 Å². The van der Waals surface area contributed by atoms with Crippen LogP contribution in [-0.2, 0) is 4.79 Å². The molecule has 0 amide bonds. The van der Waals surface area contributed by atoms with Crippen molar-refractivity contribution in [3.63, 3.8) is 0 Å². The summed E-state index contributed by atoms with van der Waals surface area (Å²) in [5, 5.41) is 32.0. The molecule has 0 heterocycles. The first-order valence-corrected chi connectivity index (χ1v) is 6.55. The Morgan fingerprint density at radius 1 is 1.19 bits per heavy atom. The van der Waals surface area contributed by atoms with Crippen LogP contribution in [0.1, 0.15) is 37.4 Å². The molecule has 2 unspecified atom stereocenters. The maximum absolute atomic E-state index is 11.8. The van der Waals surface area contributed by atoms with Crippen LogP contribution in [0.3, 0.4) is 0 Å². The fourth-order valence-electron chi connectivity index (χ4n) is 2.61. The van der Waals surface area contributed by atoms with Crippen LogP contribution in [-0.4, -0.2) is 20.7 Å². The van der Waals surface area contributed by atoms with Crippen molar-refractivity contribution in [3.05, 3.63) is 44.0 Å². The lowest BCUT2D eigenvalue weighted by Crippen LogP contribution is -2.26. The second-order valence-corrected chi connectivity index (χ2v) is 5.02. The number of hydrogen-bond acceptors (Lipinski definition) is 6. The Labute approximate surface area is 119 Å². The summed E-state index contributed by atoms with van der Waals surface area (Å²) in [6.07, 6.45) is 1.04. The second-order valence-electron chi connectivity index (χ2n) is 5.02. The number of aliphatic hydroxyl groups excluding tert-OH is 1. The Morgan fingerprint density at radius 3 is 2.48 bits per heavy atom. The van der Waals surface area contributed by atoms with Crippen molar-refractivity contribution in [1.82, 2.24) is 0 Å².